The van der Waals surface area contributed by atoms with Crippen LogP contribution in [0.4, 0.5) is 0 Å². The van der Waals surface area contributed by atoms with E-state index in [1.165, 1.54) is 22.7 Å². The van der Waals surface area contributed by atoms with Crippen molar-refractivity contribution in [1.82, 2.24) is 50.6 Å². The van der Waals surface area contributed by atoms with E-state index in [-0.39, 0.29) is 24.2 Å². The van der Waals surface area contributed by atoms with Crippen molar-refractivity contribution in [1.29, 1.82) is 0 Å². The van der Waals surface area contributed by atoms with Crippen LogP contribution in [0.1, 0.15) is 20.7 Å². The Morgan fingerprint density at radius 3 is 1.32 bits per heavy atom. The van der Waals surface area contributed by atoms with Gasteiger partial charge in [-0.05, 0) is 117 Å². The van der Waals surface area contributed by atoms with Gasteiger partial charge in [0.25, 0.3) is 22.1 Å². The molecule has 0 aliphatic carbocycles. The van der Waals surface area contributed by atoms with Gasteiger partial charge < -0.3 is 29.2 Å². The summed E-state index contributed by atoms with van der Waals surface area (Å²) in [5.41, 5.74) is 5.58. The molecule has 6 aromatic carbocycles. The van der Waals surface area contributed by atoms with Crippen LogP contribution in [0.25, 0.3) is 76.0 Å². The predicted octanol–water partition coefficient (Wildman–Crippen LogP) is 4.19. The molecule has 0 spiro atoms. The van der Waals surface area contributed by atoms with Crippen molar-refractivity contribution in [2.24, 2.45) is 0 Å². The van der Waals surface area contributed by atoms with Crippen LogP contribution in [0, 0.1) is 0 Å². The Bertz CT molecular complexity index is 3680. The molecule has 4 heterocycles. The first-order chi connectivity index (χ1) is 35.6. The fraction of sp³-hybridized carbons (Fsp3) is 0.125. The van der Waals surface area contributed by atoms with Gasteiger partial charge in [-0.2, -0.15) is 0 Å². The smallest absolute Gasteiger partial charge is 0.340 e. The van der Waals surface area contributed by atoms with Crippen molar-refractivity contribution in [3.8, 4) is 67.0 Å². The van der Waals surface area contributed by atoms with Gasteiger partial charge in [-0.1, -0.05) is 46.9 Å². The molecule has 2 N–H and O–H groups in total. The minimum absolute atomic E-state index is 0.240. The normalized spacial score (nSPS) is 11.8. The number of aromatic nitrogens is 10. The van der Waals surface area contributed by atoms with Gasteiger partial charge in [-0.25, -0.2) is 26.8 Å². The molecular weight excluding hydrogens is 1030 g/mol. The standard InChI is InChI=1S/C48H38N12O10S4/c1-69-39-27-33(57-53-43(55-59(57)47-51-37-7-3-5-9-41(37)71-47)29-11-15-31(16-12-29)45(61)49-23-25-73(63,64)65)19-21-35(39)36-22-20-34(28-40(36)70-2)58-54-44(56-60(58)48-52-38-8-4-6-10-42(38)72-48)30-13-17-32(18-14-30)46(62)50-24-26-74(66,67)68/h3-22,27-28H,23-26H2,1-2H3,(H2-2,49,50,61,62,63,64,65,66,67,68). The Labute approximate surface area is 428 Å². The highest BCUT2D eigenvalue weighted by atomic mass is 32.2. The lowest BCUT2D eigenvalue weighted by Crippen LogP contribution is -2.43. The molecular formula is C48H38N12O10S4. The van der Waals surface area contributed by atoms with E-state index in [9.17, 15) is 35.5 Å². The number of fused-ring (bicyclic) bond motifs is 2. The molecule has 0 unspecified atom stereocenters. The van der Waals surface area contributed by atoms with Gasteiger partial charge in [0.15, 0.2) is 11.4 Å². The van der Waals surface area contributed by atoms with E-state index in [0.29, 0.717) is 67.0 Å². The number of hydrogen-bond acceptors (Lipinski definition) is 18. The lowest BCUT2D eigenvalue weighted by Gasteiger charge is -2.13. The number of methoxy groups -OCH3 is 2. The van der Waals surface area contributed by atoms with Crippen LogP contribution in [-0.4, -0.2) is 117 Å². The minimum atomic E-state index is -4.49. The molecule has 0 aliphatic rings. The number of hydrogen-bond donors (Lipinski definition) is 2. The zero-order valence-corrected chi connectivity index (χ0v) is 42.0. The number of para-hydroxylation sites is 2. The zero-order valence-electron chi connectivity index (χ0n) is 38.7. The highest BCUT2D eigenvalue weighted by Crippen LogP contribution is 2.38. The van der Waals surface area contributed by atoms with Crippen molar-refractivity contribution in [3.63, 3.8) is 0 Å². The lowest BCUT2D eigenvalue weighted by atomic mass is 10.0. The third kappa shape index (κ3) is 10.6. The predicted molar refractivity (Wildman–Crippen MR) is 269 cm³/mol. The second-order valence-corrected chi connectivity index (χ2v) is 21.2. The average Bonchev–Trinajstić information content (AvgIpc) is 4.23. The van der Waals surface area contributed by atoms with Crippen LogP contribution < -0.4 is 29.7 Å². The third-order valence-corrected chi connectivity index (χ3v) is 14.6. The molecule has 74 heavy (non-hydrogen) atoms. The van der Waals surface area contributed by atoms with E-state index in [2.05, 4.69) is 10.6 Å². The van der Waals surface area contributed by atoms with Crippen molar-refractivity contribution in [3.05, 3.63) is 145 Å². The molecule has 0 bridgehead atoms. The maximum atomic E-state index is 12.7. The van der Waals surface area contributed by atoms with Gasteiger partial charge >= 0.3 is 11.6 Å². The molecule has 4 aromatic heterocycles. The Morgan fingerprint density at radius 2 is 0.959 bits per heavy atom. The average molecular weight is 1070 g/mol. The van der Waals surface area contributed by atoms with Gasteiger partial charge in [-0.3, -0.25) is 9.59 Å². The van der Waals surface area contributed by atoms with E-state index in [1.807, 2.05) is 72.8 Å². The Hall–Kier alpha value is -8.40. The van der Waals surface area contributed by atoms with Crippen LogP contribution in [-0.2, 0) is 20.2 Å². The fourth-order valence-corrected chi connectivity index (χ4v) is 10.2. The quantitative estimate of drug-likeness (QED) is 0.0955. The van der Waals surface area contributed by atoms with E-state index in [0.717, 1.165) is 20.4 Å². The van der Waals surface area contributed by atoms with E-state index in [4.69, 9.17) is 39.8 Å². The van der Waals surface area contributed by atoms with Crippen LogP contribution in [0.15, 0.2) is 133 Å². The van der Waals surface area contributed by atoms with Crippen molar-refractivity contribution >= 4 is 75.2 Å². The Balaban J connectivity index is 0.988. The summed E-state index contributed by atoms with van der Waals surface area (Å²) in [6.45, 7) is -0.650. The topological polar surface area (TPSA) is 286 Å². The summed E-state index contributed by atoms with van der Waals surface area (Å²) in [6.07, 6.45) is 0. The molecule has 0 radical (unpaired) electrons. The summed E-state index contributed by atoms with van der Waals surface area (Å²) in [6, 6.07) is 39.2. The summed E-state index contributed by atoms with van der Waals surface area (Å²) in [4.78, 5) is 41.4. The number of rotatable bonds is 17. The number of carbonyl (C=O) groups is 2. The van der Waals surface area contributed by atoms with Gasteiger partial charge in [0.2, 0.25) is 0 Å². The molecule has 10 aromatic rings. The monoisotopic (exact) mass is 1070 g/mol. The minimum Gasteiger partial charge on any atom is -0.748 e. The number of tetrazole rings is 2. The summed E-state index contributed by atoms with van der Waals surface area (Å²) in [5.74, 6) is -1.05. The van der Waals surface area contributed by atoms with Crippen molar-refractivity contribution in [2.45, 2.75) is 0 Å². The number of nitrogens with one attached hydrogen (secondary N) is 2. The highest BCUT2D eigenvalue weighted by Gasteiger charge is 2.30. The first-order valence-corrected chi connectivity index (χ1v) is 26.9. The fourth-order valence-electron chi connectivity index (χ4n) is 7.65. The molecule has 10 rings (SSSR count). The molecule has 0 atom stereocenters. The van der Waals surface area contributed by atoms with Gasteiger partial charge in [0.1, 0.15) is 11.5 Å². The Kier molecular flexibility index (Phi) is 13.5. The summed E-state index contributed by atoms with van der Waals surface area (Å²) >= 11 is 2.82. The van der Waals surface area contributed by atoms with Crippen LogP contribution in [0.2, 0.25) is 0 Å². The summed E-state index contributed by atoms with van der Waals surface area (Å²) in [7, 11) is -5.89. The summed E-state index contributed by atoms with van der Waals surface area (Å²) < 4.78 is 80.0. The Morgan fingerprint density at radius 1 is 0.568 bits per heavy atom. The van der Waals surface area contributed by atoms with E-state index in [1.54, 1.807) is 94.1 Å². The maximum Gasteiger partial charge on any atom is 0.340 e. The first-order valence-electron chi connectivity index (χ1n) is 22.1. The summed E-state index contributed by atoms with van der Waals surface area (Å²) in [5, 5.41) is 25.4. The second-order valence-electron chi connectivity index (χ2n) is 16.1. The van der Waals surface area contributed by atoms with Crippen LogP contribution in [0.5, 0.6) is 11.5 Å². The van der Waals surface area contributed by atoms with Gasteiger partial charge in [0.05, 0.1) is 87.7 Å². The molecule has 26 heteroatoms. The molecule has 2 amide bonds. The molecule has 22 nitrogen and oxygen atoms in total. The number of thiazole rings is 2. The number of carbonyl (C=O) groups excluding carboxylic acids is 2. The molecule has 0 fully saturated rings. The highest BCUT2D eigenvalue weighted by molar-refractivity contribution is 7.85. The van der Waals surface area contributed by atoms with Crippen LogP contribution in [0.3, 0.4) is 0 Å². The third-order valence-electron chi connectivity index (χ3n) is 11.2. The van der Waals surface area contributed by atoms with Gasteiger partial charge in [0, 0.05) is 57.1 Å². The van der Waals surface area contributed by atoms with Crippen molar-refractivity contribution in [2.75, 3.05) is 38.8 Å². The second kappa shape index (κ2) is 20.2. The van der Waals surface area contributed by atoms with E-state index >= 15 is 0 Å². The molecule has 0 aliphatic heterocycles. The number of amides is 2. The number of ether oxygens (including phenoxy) is 2. The zero-order chi connectivity index (χ0) is 51.7. The first kappa shape index (κ1) is 49.2. The van der Waals surface area contributed by atoms with Crippen molar-refractivity contribution < 1.29 is 54.6 Å². The maximum absolute atomic E-state index is 12.7. The largest absolute Gasteiger partial charge is 0.748 e. The molecule has 0 saturated heterocycles. The SMILES string of the molecule is COc1cc(-[n+]2nc(-c3ccc(C(=O)NCCS(=O)(=O)[O-])cc3)nn2-c2nc3ccccc3s2)ccc1-c1ccc(-[n+]2nc(-c3ccc(C(=O)NCCS(=O)(=O)[O-])cc3)nn2-c2nc3ccccc3s2)cc1OC. The molecule has 0 saturated carbocycles. The number of benzene rings is 6. The van der Waals surface area contributed by atoms with Crippen LogP contribution >= 0.6 is 22.7 Å². The number of nitrogens with zero attached hydrogens (tertiary/aromatic N) is 10. The lowest BCUT2D eigenvalue weighted by molar-refractivity contribution is -0.734. The molecule has 374 valence electrons. The van der Waals surface area contributed by atoms with E-state index < -0.39 is 43.6 Å². The van der Waals surface area contributed by atoms with Gasteiger partial charge in [-0.15, -0.1) is 0 Å².